The number of likely N-dealkylation sites (N-methyl/N-ethyl adjacent to an activating group) is 1. The maximum Gasteiger partial charge on any atom is 0.165 e. The smallest absolute Gasteiger partial charge is 0.165 e. The first-order chi connectivity index (χ1) is 12.8. The fourth-order valence-electron chi connectivity index (χ4n) is 3.95. The Labute approximate surface area is 133 Å². The van der Waals surface area contributed by atoms with Gasteiger partial charge in [0.05, 0.1) is 5.48 Å². The molecule has 4 nitrogen and oxygen atoms in total. The summed E-state index contributed by atoms with van der Waals surface area (Å²) >= 11 is 0. The van der Waals surface area contributed by atoms with Gasteiger partial charge in [-0.25, -0.2) is 0 Å². The Morgan fingerprint density at radius 1 is 1.52 bits per heavy atom. The molecule has 21 heavy (non-hydrogen) atoms. The van der Waals surface area contributed by atoms with E-state index < -0.39 is 48.0 Å². The molecule has 5 rings (SSSR count). The van der Waals surface area contributed by atoms with E-state index in [1.807, 2.05) is 0 Å². The van der Waals surface area contributed by atoms with E-state index in [9.17, 15) is 13.0 Å². The largest absolute Gasteiger partial charge is 0.504 e. The summed E-state index contributed by atoms with van der Waals surface area (Å²) in [6.07, 6.45) is -6.99. The second kappa shape index (κ2) is 3.62. The summed E-state index contributed by atoms with van der Waals surface area (Å²) in [5.74, 6) is -2.91. The summed E-state index contributed by atoms with van der Waals surface area (Å²) in [7, 11) is 1.56. The lowest BCUT2D eigenvalue weighted by atomic mass is 9.53. The first kappa shape index (κ1) is 7.16. The number of piperidine rings is 1. The Kier molecular flexibility index (Phi) is 1.24. The van der Waals surface area contributed by atoms with Crippen molar-refractivity contribution in [2.45, 2.75) is 36.4 Å². The van der Waals surface area contributed by atoms with Crippen LogP contribution in [0.25, 0.3) is 0 Å². The van der Waals surface area contributed by atoms with Crippen LogP contribution < -0.4 is 4.74 Å². The van der Waals surface area contributed by atoms with Crippen molar-refractivity contribution in [2.24, 2.45) is 5.89 Å². The molecule has 0 radical (unpaired) electrons. The lowest BCUT2D eigenvalue weighted by molar-refractivity contribution is -0.0453. The Balaban J connectivity index is 2.06. The van der Waals surface area contributed by atoms with Gasteiger partial charge in [-0.2, -0.15) is 0 Å². The summed E-state index contributed by atoms with van der Waals surface area (Å²) in [6.45, 7) is 0.161. The highest BCUT2D eigenvalue weighted by atomic mass is 16.5. The van der Waals surface area contributed by atoms with Crippen LogP contribution in [0, 0.1) is 5.89 Å². The minimum absolute atomic E-state index is 0.00977. The Morgan fingerprint density at radius 2 is 2.38 bits per heavy atom. The Hall–Kier alpha value is -1.52. The molecule has 1 saturated heterocycles. The van der Waals surface area contributed by atoms with Crippen molar-refractivity contribution in [3.63, 3.8) is 0 Å². The quantitative estimate of drug-likeness (QED) is 0.706. The lowest BCUT2D eigenvalue weighted by Gasteiger charge is -2.56. The number of hydrogen-bond acceptors (Lipinski definition) is 4. The molecule has 1 unspecified atom stereocenters. The van der Waals surface area contributed by atoms with Crippen molar-refractivity contribution >= 4 is 0 Å². The summed E-state index contributed by atoms with van der Waals surface area (Å²) in [4.78, 5) is 1.47. The van der Waals surface area contributed by atoms with Crippen LogP contribution in [0.15, 0.2) is 24.2 Å². The third-order valence-corrected chi connectivity index (χ3v) is 4.92. The fraction of sp³-hybridized carbons (Fsp3) is 0.529. The summed E-state index contributed by atoms with van der Waals surface area (Å²) in [5, 5.41) is 21.2. The second-order valence-electron chi connectivity index (χ2n) is 5.89. The van der Waals surface area contributed by atoms with Crippen LogP contribution in [0.4, 0.5) is 0 Å². The van der Waals surface area contributed by atoms with E-state index in [1.165, 1.54) is 17.0 Å². The van der Waals surface area contributed by atoms with Crippen LogP contribution in [0.1, 0.15) is 27.1 Å². The van der Waals surface area contributed by atoms with Crippen LogP contribution in [0.5, 0.6) is 11.5 Å². The van der Waals surface area contributed by atoms with E-state index in [1.54, 1.807) is 7.05 Å². The number of nitrogens with zero attached hydrogens (tertiary/aromatic N) is 1. The molecule has 2 N–H and O–H groups in total. The van der Waals surface area contributed by atoms with Gasteiger partial charge in [0.2, 0.25) is 0 Å². The number of ether oxygens (including phenoxy) is 1. The SMILES string of the molecule is [2H]C1=C([2H])[C@]([2H])(O)[C@]2([2H])Oc3c(O)ccc4c3[C@@]23CCN(C)[C@]([2H])(C4[2H])[C@]13[2H]. The topological polar surface area (TPSA) is 52.9 Å². The number of phenolic OH excluding ortho intramolecular Hbond substituents is 1. The van der Waals surface area contributed by atoms with Gasteiger partial charge >= 0.3 is 0 Å². The first-order valence-corrected chi connectivity index (χ1v) is 6.93. The molecule has 1 aromatic carbocycles. The van der Waals surface area contributed by atoms with Crippen molar-refractivity contribution in [1.29, 1.82) is 0 Å². The van der Waals surface area contributed by atoms with E-state index in [0.29, 0.717) is 0 Å². The Bertz CT molecular complexity index is 986. The van der Waals surface area contributed by atoms with Crippen molar-refractivity contribution < 1.29 is 24.5 Å². The number of likely N-dealkylation sites (tertiary alicyclic amines) is 1. The average Bonchev–Trinajstić information content (AvgIpc) is 2.93. The second-order valence-corrected chi connectivity index (χ2v) is 5.89. The van der Waals surface area contributed by atoms with Crippen molar-refractivity contribution in [1.82, 2.24) is 4.90 Å². The molecule has 1 aromatic rings. The zero-order valence-corrected chi connectivity index (χ0v) is 11.4. The molecule has 2 bridgehead atoms. The molecule has 0 aromatic heterocycles. The number of benzene rings is 1. The minimum Gasteiger partial charge on any atom is -0.504 e. The van der Waals surface area contributed by atoms with Crippen LogP contribution in [0.3, 0.4) is 0 Å². The van der Waals surface area contributed by atoms with Gasteiger partial charge < -0.3 is 19.8 Å². The number of phenols is 1. The van der Waals surface area contributed by atoms with Crippen LogP contribution in [-0.4, -0.2) is 46.9 Å². The highest BCUT2D eigenvalue weighted by Crippen LogP contribution is 2.62. The predicted octanol–water partition coefficient (Wildman–Crippen LogP) is 1.20. The van der Waals surface area contributed by atoms with Crippen molar-refractivity contribution in [3.05, 3.63) is 35.4 Å². The van der Waals surface area contributed by atoms with E-state index in [0.717, 1.165) is 0 Å². The van der Waals surface area contributed by atoms with E-state index in [2.05, 4.69) is 0 Å². The highest BCUT2D eigenvalue weighted by Gasteiger charge is 2.64. The molecular weight excluding hydrogens is 266 g/mol. The maximum absolute atomic E-state index is 10.9. The van der Waals surface area contributed by atoms with Crippen LogP contribution in [0.2, 0.25) is 0 Å². The molecule has 1 spiro atoms. The molecule has 4 heteroatoms. The molecule has 4 aliphatic rings. The van der Waals surface area contributed by atoms with Crippen LogP contribution in [-0.2, 0) is 11.8 Å². The van der Waals surface area contributed by atoms with E-state index in [-0.39, 0.29) is 35.6 Å². The highest BCUT2D eigenvalue weighted by molar-refractivity contribution is 5.61. The van der Waals surface area contributed by atoms with Gasteiger partial charge in [0.25, 0.3) is 0 Å². The molecule has 110 valence electrons. The fourth-order valence-corrected chi connectivity index (χ4v) is 3.95. The third-order valence-electron chi connectivity index (χ3n) is 4.92. The van der Waals surface area contributed by atoms with Gasteiger partial charge in [-0.1, -0.05) is 18.2 Å². The normalized spacial score (nSPS) is 65.8. The number of aliphatic hydroxyl groups is 1. The maximum atomic E-state index is 10.9. The van der Waals surface area contributed by atoms with Gasteiger partial charge in [0, 0.05) is 27.0 Å². The number of rotatable bonds is 0. The number of aromatic hydroxyl groups is 1. The van der Waals surface area contributed by atoms with Crippen molar-refractivity contribution in [3.8, 4) is 11.5 Å². The lowest BCUT2D eigenvalue weighted by Crippen LogP contribution is -2.64. The summed E-state index contributed by atoms with van der Waals surface area (Å²) < 4.78 is 67.1. The zero-order chi connectivity index (χ0) is 20.7. The minimum atomic E-state index is -3.00. The first-order valence-electron chi connectivity index (χ1n) is 10.5. The predicted molar refractivity (Wildman–Crippen MR) is 77.6 cm³/mol. The Morgan fingerprint density at radius 3 is 3.24 bits per heavy atom. The zero-order valence-electron chi connectivity index (χ0n) is 18.4. The molecule has 2 heterocycles. The van der Waals surface area contributed by atoms with Crippen molar-refractivity contribution in [2.75, 3.05) is 13.6 Å². The molecule has 2 aliphatic heterocycles. The van der Waals surface area contributed by atoms with E-state index in [4.69, 9.17) is 11.6 Å². The van der Waals surface area contributed by atoms with Crippen LogP contribution >= 0.6 is 0 Å². The van der Waals surface area contributed by atoms with E-state index >= 15 is 0 Å². The monoisotopic (exact) mass is 292 g/mol. The molecule has 6 atom stereocenters. The summed E-state index contributed by atoms with van der Waals surface area (Å²) in [6, 6.07) is -1.12. The van der Waals surface area contributed by atoms with Gasteiger partial charge in [-0.15, -0.1) is 0 Å². The average molecular weight is 292 g/mol. The molecule has 0 saturated carbocycles. The molecular formula is C17H19NO3. The summed E-state index contributed by atoms with van der Waals surface area (Å²) in [5.41, 5.74) is -1.47. The van der Waals surface area contributed by atoms with Gasteiger partial charge in [0.15, 0.2) is 11.5 Å². The molecule has 2 aliphatic carbocycles. The third kappa shape index (κ3) is 1.21. The van der Waals surface area contributed by atoms with Gasteiger partial charge in [-0.05, 0) is 38.0 Å². The number of hydrogen-bond donors (Lipinski definition) is 2. The van der Waals surface area contributed by atoms with Gasteiger partial charge in [0.1, 0.15) is 12.2 Å². The molecule has 0 amide bonds. The van der Waals surface area contributed by atoms with Gasteiger partial charge in [-0.3, -0.25) is 0 Å². The standard InChI is InChI=1S/C17H19NO3/c1-18-7-6-17-10-3-5-13(20)16(17)21-15-12(19)4-2-9(14(15)17)8-11(10)18/h2-5,10-11,13,16,19-20H,6-8H2,1H3/t10-,11+,13-,16-,17-/m0/s1/i3D,5D,8D,10D,11D,13D,16D/t8?,10-,11+,13-,16-,17-. The molecule has 1 fully saturated rings.